The molecule has 0 spiro atoms. The van der Waals surface area contributed by atoms with Crippen LogP contribution < -0.4 is 10.1 Å². The maximum absolute atomic E-state index is 5.53. The third kappa shape index (κ3) is 4.10. The molecule has 1 heterocycles. The Morgan fingerprint density at radius 1 is 1.25 bits per heavy atom. The van der Waals surface area contributed by atoms with Gasteiger partial charge in [-0.1, -0.05) is 25.2 Å². The molecule has 0 amide bonds. The van der Waals surface area contributed by atoms with Gasteiger partial charge in [0.2, 0.25) is 0 Å². The summed E-state index contributed by atoms with van der Waals surface area (Å²) >= 11 is 1.70. The topological polar surface area (TPSA) is 34.1 Å². The molecule has 20 heavy (non-hydrogen) atoms. The quantitative estimate of drug-likeness (QED) is 0.785. The molecule has 0 bridgehead atoms. The summed E-state index contributed by atoms with van der Waals surface area (Å²) in [4.78, 5) is 4.63. The van der Waals surface area contributed by atoms with Crippen molar-refractivity contribution in [3.05, 3.63) is 18.2 Å². The number of nitrogens with one attached hydrogen (secondary N) is 1. The number of anilines is 1. The van der Waals surface area contributed by atoms with E-state index in [0.717, 1.165) is 22.3 Å². The van der Waals surface area contributed by atoms with Gasteiger partial charge in [0.25, 0.3) is 0 Å². The largest absolute Gasteiger partial charge is 0.494 e. The predicted molar refractivity (Wildman–Crippen MR) is 87.9 cm³/mol. The third-order valence-corrected chi connectivity index (χ3v) is 4.17. The van der Waals surface area contributed by atoms with Crippen LogP contribution in [0.15, 0.2) is 18.2 Å². The van der Waals surface area contributed by atoms with E-state index in [-0.39, 0.29) is 0 Å². The zero-order chi connectivity index (χ0) is 14.5. The normalized spacial score (nSPS) is 12.8. The predicted octanol–water partition coefficient (Wildman–Crippen LogP) is 4.93. The monoisotopic (exact) mass is 292 g/mol. The molecule has 0 radical (unpaired) electrons. The maximum atomic E-state index is 5.53. The highest BCUT2D eigenvalue weighted by atomic mass is 32.1. The van der Waals surface area contributed by atoms with E-state index in [1.165, 1.54) is 17.5 Å². The summed E-state index contributed by atoms with van der Waals surface area (Å²) < 4.78 is 6.70. The van der Waals surface area contributed by atoms with Gasteiger partial charge in [-0.2, -0.15) is 0 Å². The van der Waals surface area contributed by atoms with Crippen LogP contribution in [0, 0.1) is 5.92 Å². The molecular formula is C16H24N2OS. The molecule has 0 fully saturated rings. The van der Waals surface area contributed by atoms with E-state index < -0.39 is 0 Å². The highest BCUT2D eigenvalue weighted by Gasteiger charge is 2.09. The molecule has 0 aliphatic rings. The first kappa shape index (κ1) is 15.1. The molecule has 2 rings (SSSR count). The summed E-state index contributed by atoms with van der Waals surface area (Å²) in [7, 11) is 0. The van der Waals surface area contributed by atoms with E-state index in [1.807, 2.05) is 19.1 Å². The van der Waals surface area contributed by atoms with Crippen molar-refractivity contribution in [3.8, 4) is 5.75 Å². The second kappa shape index (κ2) is 6.93. The molecule has 3 nitrogen and oxygen atoms in total. The first-order valence-corrected chi connectivity index (χ1v) is 8.20. The van der Waals surface area contributed by atoms with E-state index in [4.69, 9.17) is 4.74 Å². The Balaban J connectivity index is 2.03. The van der Waals surface area contributed by atoms with Gasteiger partial charge in [0.05, 0.1) is 16.8 Å². The Hall–Kier alpha value is -1.29. The first-order valence-electron chi connectivity index (χ1n) is 7.38. The van der Waals surface area contributed by atoms with Crippen LogP contribution in [0.1, 0.15) is 40.5 Å². The molecule has 0 aliphatic heterocycles. The molecule has 1 aromatic carbocycles. The molecule has 2 aromatic rings. The summed E-state index contributed by atoms with van der Waals surface area (Å²) in [5.74, 6) is 1.67. The summed E-state index contributed by atoms with van der Waals surface area (Å²) in [6.07, 6.45) is 2.42. The molecule has 1 N–H and O–H groups in total. The summed E-state index contributed by atoms with van der Waals surface area (Å²) in [6.45, 7) is 9.45. The first-order chi connectivity index (χ1) is 9.58. The van der Waals surface area contributed by atoms with Gasteiger partial charge >= 0.3 is 0 Å². The van der Waals surface area contributed by atoms with E-state index in [0.29, 0.717) is 12.6 Å². The van der Waals surface area contributed by atoms with Crippen LogP contribution in [0.4, 0.5) is 5.13 Å². The van der Waals surface area contributed by atoms with Crippen molar-refractivity contribution >= 4 is 26.7 Å². The van der Waals surface area contributed by atoms with Crippen LogP contribution in [0.3, 0.4) is 0 Å². The highest BCUT2D eigenvalue weighted by molar-refractivity contribution is 7.22. The Morgan fingerprint density at radius 3 is 2.75 bits per heavy atom. The van der Waals surface area contributed by atoms with Crippen molar-refractivity contribution in [1.82, 2.24) is 4.98 Å². The van der Waals surface area contributed by atoms with E-state index in [9.17, 15) is 0 Å². The second-order valence-corrected chi connectivity index (χ2v) is 6.63. The molecule has 1 unspecified atom stereocenters. The number of fused-ring (bicyclic) bond motifs is 1. The number of aromatic nitrogens is 1. The van der Waals surface area contributed by atoms with Crippen LogP contribution in [0.2, 0.25) is 0 Å². The van der Waals surface area contributed by atoms with Gasteiger partial charge in [-0.3, -0.25) is 0 Å². The number of hydrogen-bond donors (Lipinski definition) is 1. The fourth-order valence-electron chi connectivity index (χ4n) is 2.09. The van der Waals surface area contributed by atoms with Crippen molar-refractivity contribution in [2.75, 3.05) is 11.9 Å². The van der Waals surface area contributed by atoms with Gasteiger partial charge in [-0.25, -0.2) is 4.98 Å². The smallest absolute Gasteiger partial charge is 0.184 e. The number of benzene rings is 1. The molecule has 0 saturated carbocycles. The maximum Gasteiger partial charge on any atom is 0.184 e. The van der Waals surface area contributed by atoms with Crippen molar-refractivity contribution in [2.24, 2.45) is 5.92 Å². The lowest BCUT2D eigenvalue weighted by Gasteiger charge is -2.13. The molecule has 110 valence electrons. The third-order valence-electron chi connectivity index (χ3n) is 3.22. The SMILES string of the molecule is CCOc1ccc2nc(NC(C)CCC(C)C)sc2c1. The zero-order valence-electron chi connectivity index (χ0n) is 12.8. The average Bonchev–Trinajstić information content (AvgIpc) is 2.78. The van der Waals surface area contributed by atoms with Crippen molar-refractivity contribution in [1.29, 1.82) is 0 Å². The average molecular weight is 292 g/mol. The highest BCUT2D eigenvalue weighted by Crippen LogP contribution is 2.30. The number of nitrogens with zero attached hydrogens (tertiary/aromatic N) is 1. The van der Waals surface area contributed by atoms with Crippen molar-refractivity contribution in [2.45, 2.75) is 46.6 Å². The van der Waals surface area contributed by atoms with Gasteiger partial charge in [0.1, 0.15) is 5.75 Å². The van der Waals surface area contributed by atoms with Gasteiger partial charge < -0.3 is 10.1 Å². The van der Waals surface area contributed by atoms with Crippen molar-refractivity contribution in [3.63, 3.8) is 0 Å². The Labute approximate surface area is 125 Å². The minimum absolute atomic E-state index is 0.462. The molecular weight excluding hydrogens is 268 g/mol. The van der Waals surface area contributed by atoms with Crippen LogP contribution in [-0.2, 0) is 0 Å². The lowest BCUT2D eigenvalue weighted by atomic mass is 10.0. The summed E-state index contributed by atoms with van der Waals surface area (Å²) in [5.41, 5.74) is 1.04. The van der Waals surface area contributed by atoms with Crippen LogP contribution >= 0.6 is 11.3 Å². The Bertz CT molecular complexity index is 550. The molecule has 0 saturated heterocycles. The second-order valence-electron chi connectivity index (χ2n) is 5.60. The van der Waals surface area contributed by atoms with E-state index >= 15 is 0 Å². The number of thiazole rings is 1. The van der Waals surface area contributed by atoms with Crippen molar-refractivity contribution < 1.29 is 4.74 Å². The zero-order valence-corrected chi connectivity index (χ0v) is 13.6. The minimum atomic E-state index is 0.462. The molecule has 1 aromatic heterocycles. The number of rotatable bonds is 7. The van der Waals surface area contributed by atoms with Crippen LogP contribution in [0.5, 0.6) is 5.75 Å². The van der Waals surface area contributed by atoms with Crippen LogP contribution in [-0.4, -0.2) is 17.6 Å². The van der Waals surface area contributed by atoms with Crippen LogP contribution in [0.25, 0.3) is 10.2 Å². The summed E-state index contributed by atoms with van der Waals surface area (Å²) in [5, 5.41) is 4.51. The Kier molecular flexibility index (Phi) is 5.24. The number of hydrogen-bond acceptors (Lipinski definition) is 4. The lowest BCUT2D eigenvalue weighted by molar-refractivity contribution is 0.341. The molecule has 0 aliphatic carbocycles. The Morgan fingerprint density at radius 2 is 2.05 bits per heavy atom. The fraction of sp³-hybridized carbons (Fsp3) is 0.562. The molecule has 1 atom stereocenters. The van der Waals surface area contributed by atoms with Gasteiger partial charge in [-0.15, -0.1) is 0 Å². The summed E-state index contributed by atoms with van der Waals surface area (Å²) in [6, 6.07) is 6.54. The van der Waals surface area contributed by atoms with E-state index in [2.05, 4.69) is 37.1 Å². The van der Waals surface area contributed by atoms with Gasteiger partial charge in [-0.05, 0) is 50.8 Å². The standard InChI is InChI=1S/C16H24N2OS/c1-5-19-13-8-9-14-15(10-13)20-16(18-14)17-12(4)7-6-11(2)3/h8-12H,5-7H2,1-4H3,(H,17,18). The lowest BCUT2D eigenvalue weighted by Crippen LogP contribution is -2.15. The van der Waals surface area contributed by atoms with Gasteiger partial charge in [0.15, 0.2) is 5.13 Å². The van der Waals surface area contributed by atoms with Gasteiger partial charge in [0, 0.05) is 6.04 Å². The molecule has 4 heteroatoms. The minimum Gasteiger partial charge on any atom is -0.494 e. The number of ether oxygens (including phenoxy) is 1. The fourth-order valence-corrected chi connectivity index (χ4v) is 3.10. The van der Waals surface area contributed by atoms with E-state index in [1.54, 1.807) is 11.3 Å².